The molecular weight excluding hydrogens is 189 g/mol. The summed E-state index contributed by atoms with van der Waals surface area (Å²) in [7, 11) is -2.92. The molecule has 0 aliphatic rings. The molecule has 0 bridgehead atoms. The average molecular weight is 194 g/mol. The fourth-order valence-electron chi connectivity index (χ4n) is 0.127. The second kappa shape index (κ2) is 16.9. The number of hydrogen-bond donors (Lipinski definition) is 1. The molecule has 0 heterocycles. The Labute approximate surface area is 116 Å². The zero-order valence-corrected chi connectivity index (χ0v) is 8.30. The van der Waals surface area contributed by atoms with E-state index in [1.165, 1.54) is 0 Å². The summed E-state index contributed by atoms with van der Waals surface area (Å²) >= 11 is 0. The van der Waals surface area contributed by atoms with E-state index in [2.05, 4.69) is 0 Å². The molecule has 0 unspecified atom stereocenters. The van der Waals surface area contributed by atoms with Gasteiger partial charge in [0, 0.05) is 0 Å². The molecule has 0 saturated heterocycles. The molecule has 14 heavy (non-hydrogen) atoms. The maximum absolute atomic E-state index is 10.9. The van der Waals surface area contributed by atoms with E-state index >= 15 is 0 Å². The van der Waals surface area contributed by atoms with Crippen molar-refractivity contribution in [2.24, 2.45) is 0 Å². The summed E-state index contributed by atoms with van der Waals surface area (Å²) in [4.78, 5) is 0. The second-order valence-electron chi connectivity index (χ2n) is 1.38. The normalized spacial score (nSPS) is 7.93. The summed E-state index contributed by atoms with van der Waals surface area (Å²) in [5.74, 6) is 0. The van der Waals surface area contributed by atoms with Crippen LogP contribution in [0.1, 0.15) is 6.42 Å². The van der Waals surface area contributed by atoms with Crippen molar-refractivity contribution in [1.29, 1.82) is 0 Å². The Morgan fingerprint density at radius 1 is 1.00 bits per heavy atom. The van der Waals surface area contributed by atoms with Crippen LogP contribution in [0.15, 0.2) is 0 Å². The van der Waals surface area contributed by atoms with Gasteiger partial charge in [0.05, 0.1) is 13.0 Å². The second-order valence-corrected chi connectivity index (χ2v) is 1.38. The minimum absolute atomic E-state index is 0. The van der Waals surface area contributed by atoms with Crippen molar-refractivity contribution < 1.29 is 89.9 Å². The fraction of sp³-hybridized carbons (Fsp3) is 1.00. The van der Waals surface area contributed by atoms with E-state index in [1.807, 2.05) is 0 Å². The third-order valence-electron chi connectivity index (χ3n) is 0.395. The predicted octanol–water partition coefficient (Wildman–Crippen LogP) is -12.0. The standard InChI is InChI=1S/C3H5F3O.BO3.3Li/c4-3(5,6)1-2-7;2-1(3)4;;;/h7H,1-2H2;;;;/q;-3;3*+1. The Bertz CT molecular complexity index is 92.9. The first-order valence-electron chi connectivity index (χ1n) is 2.44. The zero-order valence-electron chi connectivity index (χ0n) is 8.30. The largest absolute Gasteiger partial charge is 1.00 e. The molecule has 68 valence electrons. The van der Waals surface area contributed by atoms with Crippen LogP contribution in [0.5, 0.6) is 0 Å². The van der Waals surface area contributed by atoms with Gasteiger partial charge in [-0.1, -0.05) is 0 Å². The van der Waals surface area contributed by atoms with Crippen molar-refractivity contribution in [2.45, 2.75) is 12.6 Å². The molecule has 0 amide bonds. The number of alkyl halides is 3. The maximum atomic E-state index is 10.9. The average Bonchev–Trinajstić information content (AvgIpc) is 1.58. The topological polar surface area (TPSA) is 89.4 Å². The van der Waals surface area contributed by atoms with Crippen molar-refractivity contribution in [3.05, 3.63) is 0 Å². The SMILES string of the molecule is OCCC(F)(F)F.[Li+].[Li+].[Li+].[O-]B([O-])[O-]. The van der Waals surface area contributed by atoms with Crippen LogP contribution in [-0.4, -0.2) is 25.2 Å². The van der Waals surface area contributed by atoms with E-state index in [9.17, 15) is 13.2 Å². The first-order valence-corrected chi connectivity index (χ1v) is 2.44. The molecule has 0 aliphatic heterocycles. The Balaban J connectivity index is -0.0000000347. The minimum Gasteiger partial charge on any atom is -0.907 e. The van der Waals surface area contributed by atoms with Gasteiger partial charge in [-0.25, -0.2) is 0 Å². The molecular formula is C3H5BF3Li3O4. The van der Waals surface area contributed by atoms with E-state index in [-0.39, 0.29) is 56.6 Å². The van der Waals surface area contributed by atoms with Crippen LogP contribution in [0.25, 0.3) is 0 Å². The molecule has 0 aromatic carbocycles. The molecule has 0 fully saturated rings. The van der Waals surface area contributed by atoms with E-state index in [4.69, 9.17) is 20.2 Å². The third kappa shape index (κ3) is 69.8. The molecule has 0 atom stereocenters. The number of halogens is 3. The molecule has 0 radical (unpaired) electrons. The Hall–Kier alpha value is 1.49. The van der Waals surface area contributed by atoms with Crippen molar-refractivity contribution >= 4 is 7.32 Å². The molecule has 0 aromatic heterocycles. The van der Waals surface area contributed by atoms with Crippen LogP contribution in [-0.2, 0) is 0 Å². The Kier molecular flexibility index (Phi) is 35.7. The van der Waals surface area contributed by atoms with E-state index in [1.54, 1.807) is 0 Å². The van der Waals surface area contributed by atoms with Gasteiger partial charge in [-0.3, -0.25) is 7.32 Å². The Morgan fingerprint density at radius 2 is 1.21 bits per heavy atom. The zero-order chi connectivity index (χ0) is 9.49. The molecule has 0 aromatic rings. The van der Waals surface area contributed by atoms with Gasteiger partial charge >= 0.3 is 62.8 Å². The molecule has 0 spiro atoms. The van der Waals surface area contributed by atoms with E-state index in [0.29, 0.717) is 0 Å². The predicted molar refractivity (Wildman–Crippen MR) is 23.5 cm³/mol. The van der Waals surface area contributed by atoms with Crippen molar-refractivity contribution in [1.82, 2.24) is 0 Å². The molecule has 4 nitrogen and oxygen atoms in total. The van der Waals surface area contributed by atoms with Gasteiger partial charge in [-0.15, -0.1) is 0 Å². The summed E-state index contributed by atoms with van der Waals surface area (Å²) < 4.78 is 32.7. The molecule has 0 aliphatic carbocycles. The van der Waals surface area contributed by atoms with Crippen molar-refractivity contribution in [2.75, 3.05) is 6.61 Å². The van der Waals surface area contributed by atoms with Gasteiger partial charge in [0.15, 0.2) is 0 Å². The van der Waals surface area contributed by atoms with Crippen LogP contribution in [0.3, 0.4) is 0 Å². The summed E-state index contributed by atoms with van der Waals surface area (Å²) in [5.41, 5.74) is 0. The number of rotatable bonds is 1. The first-order chi connectivity index (χ1) is 4.79. The quantitative estimate of drug-likeness (QED) is 0.419. The van der Waals surface area contributed by atoms with Gasteiger partial charge in [0.1, 0.15) is 0 Å². The summed E-state index contributed by atoms with van der Waals surface area (Å²) in [6.07, 6.45) is -5.30. The first kappa shape index (κ1) is 29.6. The van der Waals surface area contributed by atoms with Crippen molar-refractivity contribution in [3.63, 3.8) is 0 Å². The number of hydrogen-bond acceptors (Lipinski definition) is 4. The van der Waals surface area contributed by atoms with Gasteiger partial charge in [0.25, 0.3) is 0 Å². The molecule has 0 saturated carbocycles. The number of aliphatic hydroxyl groups is 1. The fourth-order valence-corrected chi connectivity index (χ4v) is 0.127. The number of aliphatic hydroxyl groups excluding tert-OH is 1. The van der Waals surface area contributed by atoms with E-state index < -0.39 is 26.5 Å². The van der Waals surface area contributed by atoms with Gasteiger partial charge in [-0.05, 0) is 0 Å². The summed E-state index contributed by atoms with van der Waals surface area (Å²) in [6.45, 7) is -0.816. The molecule has 1 N–H and O–H groups in total. The van der Waals surface area contributed by atoms with Crippen LogP contribution < -0.4 is 71.7 Å². The maximum Gasteiger partial charge on any atom is 1.00 e. The minimum atomic E-state index is -4.20. The van der Waals surface area contributed by atoms with Crippen LogP contribution in [0, 0.1) is 0 Å². The van der Waals surface area contributed by atoms with E-state index in [0.717, 1.165) is 0 Å². The summed E-state index contributed by atoms with van der Waals surface area (Å²) in [6, 6.07) is 0. The van der Waals surface area contributed by atoms with Gasteiger partial charge in [-0.2, -0.15) is 13.2 Å². The molecule has 0 rings (SSSR count). The Morgan fingerprint density at radius 3 is 1.21 bits per heavy atom. The third-order valence-corrected chi connectivity index (χ3v) is 0.395. The van der Waals surface area contributed by atoms with Crippen LogP contribution in [0.2, 0.25) is 0 Å². The van der Waals surface area contributed by atoms with Crippen molar-refractivity contribution in [3.8, 4) is 0 Å². The molecule has 11 heteroatoms. The monoisotopic (exact) mass is 194 g/mol. The van der Waals surface area contributed by atoms with Gasteiger partial charge < -0.3 is 20.2 Å². The smallest absolute Gasteiger partial charge is 0.907 e. The summed E-state index contributed by atoms with van der Waals surface area (Å²) in [5, 5.41) is 32.9. The van der Waals surface area contributed by atoms with Gasteiger partial charge in [0.2, 0.25) is 0 Å². The van der Waals surface area contributed by atoms with Crippen LogP contribution >= 0.6 is 0 Å². The van der Waals surface area contributed by atoms with Crippen LogP contribution in [0.4, 0.5) is 13.2 Å².